The SMILES string of the molecule is COc1cc[c-]cc1.[Zn+][I]. The molecule has 0 aromatic heterocycles. The maximum atomic E-state index is 4.89. The monoisotopic (exact) mass is 298 g/mol. The van der Waals surface area contributed by atoms with Crippen molar-refractivity contribution in [3.05, 3.63) is 30.3 Å². The molecule has 0 bridgehead atoms. The third-order valence-corrected chi connectivity index (χ3v) is 0.923. The summed E-state index contributed by atoms with van der Waals surface area (Å²) in [5.41, 5.74) is 0. The molecule has 0 aliphatic carbocycles. The molecule has 0 spiro atoms. The van der Waals surface area contributed by atoms with Gasteiger partial charge in [-0.3, -0.25) is 0 Å². The van der Waals surface area contributed by atoms with Crippen LogP contribution in [-0.4, -0.2) is 7.11 Å². The molecule has 0 fully saturated rings. The zero-order chi connectivity index (χ0) is 7.82. The van der Waals surface area contributed by atoms with Crippen molar-refractivity contribution in [1.29, 1.82) is 0 Å². The molecule has 1 rings (SSSR count). The normalized spacial score (nSPS) is 7.60. The van der Waals surface area contributed by atoms with E-state index in [4.69, 9.17) is 4.74 Å². The minimum absolute atomic E-state index is 0.878. The standard InChI is InChI=1S/C7H7O.HI.Zn/c1-8-7-5-3-2-4-6-7;;/h3-6H,1H3;1H;/q-1;;+2/p-1. The number of halogens is 1. The van der Waals surface area contributed by atoms with Crippen LogP contribution in [0.25, 0.3) is 0 Å². The first-order chi connectivity index (χ1) is 4.93. The topological polar surface area (TPSA) is 9.23 Å². The van der Waals surface area contributed by atoms with Gasteiger partial charge < -0.3 is 4.74 Å². The Morgan fingerprint density at radius 2 is 1.90 bits per heavy atom. The first-order valence-electron chi connectivity index (χ1n) is 2.70. The van der Waals surface area contributed by atoms with Gasteiger partial charge >= 0.3 is 34.5 Å². The Bertz CT molecular complexity index is 155. The average Bonchev–Trinajstić information content (AvgIpc) is 2.10. The van der Waals surface area contributed by atoms with Gasteiger partial charge in [0.25, 0.3) is 0 Å². The van der Waals surface area contributed by atoms with Gasteiger partial charge in [-0.15, -0.1) is 12.1 Å². The third-order valence-electron chi connectivity index (χ3n) is 0.923. The van der Waals surface area contributed by atoms with E-state index in [1.54, 1.807) is 7.11 Å². The van der Waals surface area contributed by atoms with Crippen molar-refractivity contribution in [2.24, 2.45) is 0 Å². The number of benzene rings is 1. The average molecular weight is 299 g/mol. The van der Waals surface area contributed by atoms with Crippen molar-refractivity contribution < 1.29 is 19.5 Å². The van der Waals surface area contributed by atoms with Gasteiger partial charge in [0.2, 0.25) is 0 Å². The van der Waals surface area contributed by atoms with Crippen molar-refractivity contribution in [2.45, 2.75) is 0 Å². The van der Waals surface area contributed by atoms with E-state index in [-0.39, 0.29) is 0 Å². The van der Waals surface area contributed by atoms with Crippen molar-refractivity contribution >= 4 is 19.8 Å². The molecule has 0 atom stereocenters. The van der Waals surface area contributed by atoms with Gasteiger partial charge in [0.05, 0.1) is 7.11 Å². The molecule has 0 aliphatic heterocycles. The third kappa shape index (κ3) is 4.23. The molecule has 50 valence electrons. The number of hydrogen-bond donors (Lipinski definition) is 0. The molecule has 10 heavy (non-hydrogen) atoms. The molecule has 0 heterocycles. The Hall–Kier alpha value is 0.373. The van der Waals surface area contributed by atoms with Gasteiger partial charge in [-0.2, -0.15) is 18.2 Å². The Kier molecular flexibility index (Phi) is 7.76. The summed E-state index contributed by atoms with van der Waals surface area (Å²) in [6.07, 6.45) is 0. The van der Waals surface area contributed by atoms with Crippen molar-refractivity contribution in [3.8, 4) is 5.75 Å². The Morgan fingerprint density at radius 1 is 1.40 bits per heavy atom. The van der Waals surface area contributed by atoms with Crippen LogP contribution < -0.4 is 4.74 Å². The number of methoxy groups -OCH3 is 1. The molecule has 0 aliphatic rings. The maximum absolute atomic E-state index is 4.89. The zero-order valence-electron chi connectivity index (χ0n) is 5.80. The van der Waals surface area contributed by atoms with Crippen molar-refractivity contribution in [2.75, 3.05) is 7.11 Å². The van der Waals surface area contributed by atoms with Crippen LogP contribution in [0.3, 0.4) is 0 Å². The van der Waals surface area contributed by atoms with E-state index in [1.807, 2.05) is 24.3 Å². The summed E-state index contributed by atoms with van der Waals surface area (Å²) in [5, 5.41) is 0. The van der Waals surface area contributed by atoms with E-state index in [1.165, 1.54) is 14.8 Å². The van der Waals surface area contributed by atoms with Gasteiger partial charge in [-0.1, -0.05) is 0 Å². The summed E-state index contributed by atoms with van der Waals surface area (Å²) in [4.78, 5) is 0. The number of hydrogen-bond acceptors (Lipinski definition) is 1. The van der Waals surface area contributed by atoms with Crippen LogP contribution >= 0.6 is 19.8 Å². The summed E-state index contributed by atoms with van der Waals surface area (Å²) < 4.78 is 4.89. The Balaban J connectivity index is 0.000000371. The van der Waals surface area contributed by atoms with Crippen LogP contribution in [0.15, 0.2) is 24.3 Å². The van der Waals surface area contributed by atoms with Crippen LogP contribution in [0.5, 0.6) is 5.75 Å². The van der Waals surface area contributed by atoms with Gasteiger partial charge in [0.1, 0.15) is 0 Å². The summed E-state index contributed by atoms with van der Waals surface area (Å²) >= 11 is 3.62. The van der Waals surface area contributed by atoms with Gasteiger partial charge in [-0.25, -0.2) is 0 Å². The van der Waals surface area contributed by atoms with E-state index >= 15 is 0 Å². The molecule has 0 radical (unpaired) electrons. The van der Waals surface area contributed by atoms with Crippen molar-refractivity contribution in [3.63, 3.8) is 0 Å². The molecule has 0 saturated carbocycles. The fourth-order valence-electron chi connectivity index (χ4n) is 0.508. The van der Waals surface area contributed by atoms with Crippen molar-refractivity contribution in [1.82, 2.24) is 0 Å². The summed E-state index contributed by atoms with van der Waals surface area (Å²) in [6, 6.07) is 10.2. The molecule has 0 unspecified atom stereocenters. The summed E-state index contributed by atoms with van der Waals surface area (Å²) in [7, 11) is 1.65. The van der Waals surface area contributed by atoms with Crippen LogP contribution in [0.4, 0.5) is 0 Å². The van der Waals surface area contributed by atoms with E-state index in [0.717, 1.165) is 5.75 Å². The van der Waals surface area contributed by atoms with Crippen LogP contribution in [0.1, 0.15) is 0 Å². The second-order valence-electron chi connectivity index (χ2n) is 1.44. The number of rotatable bonds is 1. The van der Waals surface area contributed by atoms with Crippen LogP contribution in [-0.2, 0) is 14.8 Å². The molecule has 3 heteroatoms. The molecule has 1 aromatic carbocycles. The summed E-state index contributed by atoms with van der Waals surface area (Å²) in [6.45, 7) is 0. The van der Waals surface area contributed by atoms with Gasteiger partial charge in [-0.05, 0) is 0 Å². The molecule has 1 nitrogen and oxygen atoms in total. The first kappa shape index (κ1) is 10.4. The zero-order valence-corrected chi connectivity index (χ0v) is 10.9. The fourth-order valence-corrected chi connectivity index (χ4v) is 0.508. The molecular weight excluding hydrogens is 292 g/mol. The minimum atomic E-state index is 0.878. The summed E-state index contributed by atoms with van der Waals surface area (Å²) in [5.74, 6) is 0.878. The van der Waals surface area contributed by atoms with E-state index in [9.17, 15) is 0 Å². The molecular formula is C7H7IOZn. The fraction of sp³-hybridized carbons (Fsp3) is 0.143. The molecule has 0 amide bonds. The Labute approximate surface area is 82.0 Å². The van der Waals surface area contributed by atoms with E-state index in [2.05, 4.69) is 25.8 Å². The number of ether oxygens (including phenoxy) is 1. The molecule has 0 N–H and O–H groups in total. The van der Waals surface area contributed by atoms with Crippen LogP contribution in [0.2, 0.25) is 0 Å². The second-order valence-corrected chi connectivity index (χ2v) is 1.44. The first-order valence-corrected chi connectivity index (χ1v) is 11.7. The van der Waals surface area contributed by atoms with E-state index < -0.39 is 0 Å². The van der Waals surface area contributed by atoms with Crippen LogP contribution in [0, 0.1) is 6.07 Å². The van der Waals surface area contributed by atoms with Gasteiger partial charge in [0.15, 0.2) is 0 Å². The molecule has 0 saturated heterocycles. The second kappa shape index (κ2) is 7.48. The van der Waals surface area contributed by atoms with Gasteiger partial charge in [0, 0.05) is 5.75 Å². The van der Waals surface area contributed by atoms with E-state index in [0.29, 0.717) is 0 Å². The quantitative estimate of drug-likeness (QED) is 0.439. The predicted octanol–water partition coefficient (Wildman–Crippen LogP) is 2.38. The molecule has 1 aromatic rings. The predicted molar refractivity (Wildman–Crippen MR) is 45.9 cm³/mol. The Morgan fingerprint density at radius 3 is 2.20 bits per heavy atom.